The fraction of sp³-hybridized carbons (Fsp3) is 0.562. The van der Waals surface area contributed by atoms with Crippen LogP contribution in [0.2, 0.25) is 0 Å². The third-order valence-corrected chi connectivity index (χ3v) is 4.96. The van der Waals surface area contributed by atoms with Crippen LogP contribution >= 0.6 is 0 Å². The van der Waals surface area contributed by atoms with E-state index >= 15 is 0 Å². The van der Waals surface area contributed by atoms with Crippen LogP contribution in [0.5, 0.6) is 0 Å². The molecule has 4 heteroatoms. The molecule has 1 N–H and O–H groups in total. The van der Waals surface area contributed by atoms with Crippen LogP contribution in [0.1, 0.15) is 18.4 Å². The van der Waals surface area contributed by atoms with E-state index in [1.165, 1.54) is 12.8 Å². The highest BCUT2D eigenvalue weighted by Crippen LogP contribution is 2.58. The van der Waals surface area contributed by atoms with Gasteiger partial charge in [0.15, 0.2) is 0 Å². The molecule has 2 aliphatic carbocycles. The second kappa shape index (κ2) is 4.77. The Hall–Kier alpha value is -1.55. The monoisotopic (exact) mass is 273 g/mol. The molecule has 1 saturated heterocycles. The molecule has 4 rings (SSSR count). The number of hydrogen-bond donors (Lipinski definition) is 1. The molecule has 20 heavy (non-hydrogen) atoms. The summed E-state index contributed by atoms with van der Waals surface area (Å²) in [5.41, 5.74) is 1.01. The Labute approximate surface area is 118 Å². The maximum atomic E-state index is 11.7. The average molecular weight is 273 g/mol. The summed E-state index contributed by atoms with van der Waals surface area (Å²) in [6, 6.07) is 9.74. The first-order valence-electron chi connectivity index (χ1n) is 7.41. The highest BCUT2D eigenvalue weighted by atomic mass is 16.6. The molecule has 3 aliphatic rings. The number of epoxide rings is 1. The van der Waals surface area contributed by atoms with Crippen molar-refractivity contribution in [1.29, 1.82) is 0 Å². The number of benzene rings is 1. The van der Waals surface area contributed by atoms with Gasteiger partial charge in [-0.1, -0.05) is 30.3 Å². The van der Waals surface area contributed by atoms with E-state index in [9.17, 15) is 4.79 Å². The first-order valence-corrected chi connectivity index (χ1v) is 7.41. The second-order valence-electron chi connectivity index (χ2n) is 6.16. The highest BCUT2D eigenvalue weighted by molar-refractivity contribution is 5.67. The predicted octanol–water partition coefficient (Wildman–Crippen LogP) is 2.34. The zero-order chi connectivity index (χ0) is 13.5. The van der Waals surface area contributed by atoms with E-state index in [1.807, 2.05) is 30.3 Å². The Morgan fingerprint density at radius 1 is 1.25 bits per heavy atom. The number of alkyl carbamates (subject to hydrolysis) is 1. The van der Waals surface area contributed by atoms with Crippen LogP contribution in [0.15, 0.2) is 30.3 Å². The van der Waals surface area contributed by atoms with Crippen molar-refractivity contribution >= 4 is 6.09 Å². The van der Waals surface area contributed by atoms with E-state index in [2.05, 4.69) is 5.32 Å². The minimum atomic E-state index is -0.315. The molecule has 0 spiro atoms. The van der Waals surface area contributed by atoms with Crippen molar-refractivity contribution in [2.75, 3.05) is 6.54 Å². The number of carbonyl (C=O) groups excluding carboxylic acids is 1. The van der Waals surface area contributed by atoms with Gasteiger partial charge >= 0.3 is 6.09 Å². The summed E-state index contributed by atoms with van der Waals surface area (Å²) in [6.07, 6.45) is 3.23. The lowest BCUT2D eigenvalue weighted by molar-refractivity contribution is 0.136. The molecule has 1 aromatic rings. The molecule has 1 aliphatic heterocycles. The molecule has 1 heterocycles. The highest BCUT2D eigenvalue weighted by Gasteiger charge is 2.62. The smallest absolute Gasteiger partial charge is 0.407 e. The normalized spacial score (nSPS) is 36.5. The molecule has 0 radical (unpaired) electrons. The Balaban J connectivity index is 1.21. The average Bonchev–Trinajstić information content (AvgIpc) is 3.10. The molecular formula is C16H19NO3. The van der Waals surface area contributed by atoms with E-state index in [4.69, 9.17) is 9.47 Å². The van der Waals surface area contributed by atoms with Crippen molar-refractivity contribution in [3.8, 4) is 0 Å². The molecule has 2 saturated carbocycles. The zero-order valence-electron chi connectivity index (χ0n) is 11.3. The van der Waals surface area contributed by atoms with Gasteiger partial charge in [-0.05, 0) is 36.2 Å². The summed E-state index contributed by atoms with van der Waals surface area (Å²) in [7, 11) is 0. The third kappa shape index (κ3) is 2.18. The summed E-state index contributed by atoms with van der Waals surface area (Å²) in [5.74, 6) is 1.99. The number of rotatable bonds is 4. The second-order valence-corrected chi connectivity index (χ2v) is 6.16. The lowest BCUT2D eigenvalue weighted by Crippen LogP contribution is -2.33. The van der Waals surface area contributed by atoms with Gasteiger partial charge < -0.3 is 14.8 Å². The fourth-order valence-electron chi connectivity index (χ4n) is 3.96. The fourth-order valence-corrected chi connectivity index (χ4v) is 3.96. The van der Waals surface area contributed by atoms with Crippen LogP contribution < -0.4 is 5.32 Å². The summed E-state index contributed by atoms with van der Waals surface area (Å²) >= 11 is 0. The SMILES string of the molecule is O=C(NC[C@@H]1C[C@@H]2C[C@H]1[C@H]1O[C@@H]21)OCc1ccccc1. The van der Waals surface area contributed by atoms with Crippen LogP contribution in [0.3, 0.4) is 0 Å². The first-order chi connectivity index (χ1) is 9.81. The van der Waals surface area contributed by atoms with Crippen molar-refractivity contribution in [2.24, 2.45) is 17.8 Å². The number of hydrogen-bond acceptors (Lipinski definition) is 3. The van der Waals surface area contributed by atoms with Crippen molar-refractivity contribution in [2.45, 2.75) is 31.7 Å². The number of fused-ring (bicyclic) bond motifs is 5. The van der Waals surface area contributed by atoms with Gasteiger partial charge in [0.05, 0.1) is 12.2 Å². The van der Waals surface area contributed by atoms with Crippen molar-refractivity contribution in [1.82, 2.24) is 5.32 Å². The van der Waals surface area contributed by atoms with Gasteiger partial charge in [-0.3, -0.25) is 0 Å². The maximum absolute atomic E-state index is 11.7. The van der Waals surface area contributed by atoms with Crippen LogP contribution in [-0.4, -0.2) is 24.8 Å². The van der Waals surface area contributed by atoms with E-state index in [-0.39, 0.29) is 6.09 Å². The minimum Gasteiger partial charge on any atom is -0.445 e. The van der Waals surface area contributed by atoms with Gasteiger partial charge in [-0.15, -0.1) is 0 Å². The molecule has 1 amide bonds. The Morgan fingerprint density at radius 2 is 2.10 bits per heavy atom. The van der Waals surface area contributed by atoms with E-state index < -0.39 is 0 Å². The molecule has 1 aromatic carbocycles. The quantitative estimate of drug-likeness (QED) is 0.857. The Morgan fingerprint density at radius 3 is 2.85 bits per heavy atom. The lowest BCUT2D eigenvalue weighted by atomic mass is 9.89. The van der Waals surface area contributed by atoms with Crippen LogP contribution in [0.25, 0.3) is 0 Å². The van der Waals surface area contributed by atoms with Gasteiger partial charge in [-0.2, -0.15) is 0 Å². The summed E-state index contributed by atoms with van der Waals surface area (Å²) in [4.78, 5) is 11.7. The first kappa shape index (κ1) is 12.2. The maximum Gasteiger partial charge on any atom is 0.407 e. The Kier molecular flexibility index (Phi) is 2.91. The van der Waals surface area contributed by atoms with Gasteiger partial charge in [0.25, 0.3) is 0 Å². The van der Waals surface area contributed by atoms with Gasteiger partial charge in [-0.25, -0.2) is 4.79 Å². The number of amides is 1. The predicted molar refractivity (Wildman–Crippen MR) is 73.0 cm³/mol. The molecule has 0 unspecified atom stereocenters. The molecular weight excluding hydrogens is 254 g/mol. The van der Waals surface area contributed by atoms with E-state index in [0.29, 0.717) is 30.7 Å². The number of ether oxygens (including phenoxy) is 2. The van der Waals surface area contributed by atoms with Gasteiger partial charge in [0.2, 0.25) is 0 Å². The number of carbonyl (C=O) groups is 1. The Bertz CT molecular complexity index is 504. The van der Waals surface area contributed by atoms with Crippen molar-refractivity contribution < 1.29 is 14.3 Å². The van der Waals surface area contributed by atoms with Crippen molar-refractivity contribution in [3.05, 3.63) is 35.9 Å². The minimum absolute atomic E-state index is 0.315. The van der Waals surface area contributed by atoms with Crippen molar-refractivity contribution in [3.63, 3.8) is 0 Å². The lowest BCUT2D eigenvalue weighted by Gasteiger charge is -2.19. The summed E-state index contributed by atoms with van der Waals surface area (Å²) in [6.45, 7) is 1.05. The third-order valence-electron chi connectivity index (χ3n) is 4.96. The van der Waals surface area contributed by atoms with Crippen LogP contribution in [-0.2, 0) is 16.1 Å². The van der Waals surface area contributed by atoms with E-state index in [1.54, 1.807) is 0 Å². The standard InChI is InChI=1S/C16H19NO3/c18-16(19-9-10-4-2-1-3-5-10)17-8-12-6-11-7-13(12)15-14(11)20-15/h1-5,11-15H,6-9H2,(H,17,18)/t11-,12+,13-,14+,15-/m1/s1. The summed E-state index contributed by atoms with van der Waals surface area (Å²) in [5, 5.41) is 2.90. The molecule has 4 nitrogen and oxygen atoms in total. The number of nitrogens with one attached hydrogen (secondary N) is 1. The van der Waals surface area contributed by atoms with Crippen LogP contribution in [0.4, 0.5) is 4.79 Å². The molecule has 106 valence electrons. The summed E-state index contributed by atoms with van der Waals surface area (Å²) < 4.78 is 10.9. The van der Waals surface area contributed by atoms with Gasteiger partial charge in [0.1, 0.15) is 6.61 Å². The van der Waals surface area contributed by atoms with E-state index in [0.717, 1.165) is 18.0 Å². The topological polar surface area (TPSA) is 50.9 Å². The van der Waals surface area contributed by atoms with Gasteiger partial charge in [0, 0.05) is 6.54 Å². The van der Waals surface area contributed by atoms with Crippen LogP contribution in [0, 0.1) is 17.8 Å². The molecule has 5 atom stereocenters. The molecule has 3 fully saturated rings. The zero-order valence-corrected chi connectivity index (χ0v) is 11.3. The largest absolute Gasteiger partial charge is 0.445 e. The molecule has 0 aromatic heterocycles. The molecule has 2 bridgehead atoms.